The Hall–Kier alpha value is -0.580. The molecule has 1 rings (SSSR count). The van der Waals surface area contributed by atoms with Crippen LogP contribution in [-0.4, -0.2) is 30.1 Å². The van der Waals surface area contributed by atoms with E-state index in [2.05, 4.69) is 15.9 Å². The molecular weight excluding hydrogens is 281 g/mol. The van der Waals surface area contributed by atoms with Crippen molar-refractivity contribution in [2.75, 3.05) is 14.1 Å². The number of halogens is 2. The van der Waals surface area contributed by atoms with Crippen LogP contribution in [-0.2, 0) is 6.54 Å². The quantitative estimate of drug-likeness (QED) is 0.931. The first-order valence-electron chi connectivity index (χ1n) is 4.17. The summed E-state index contributed by atoms with van der Waals surface area (Å²) in [6.45, 7) is 0.626. The van der Waals surface area contributed by atoms with Crippen LogP contribution in [0, 0.1) is 0 Å². The lowest BCUT2D eigenvalue weighted by atomic mass is 10.1. The zero-order valence-corrected chi connectivity index (χ0v) is 10.9. The third kappa shape index (κ3) is 4.20. The molecule has 0 aromatic heterocycles. The van der Waals surface area contributed by atoms with E-state index in [1.54, 1.807) is 12.1 Å². The molecule has 0 fully saturated rings. The summed E-state index contributed by atoms with van der Waals surface area (Å²) in [6, 6.07) is 5.19. The molecule has 0 saturated heterocycles. The van der Waals surface area contributed by atoms with E-state index in [9.17, 15) is 4.79 Å². The number of aromatic carboxylic acids is 1. The summed E-state index contributed by atoms with van der Waals surface area (Å²) in [6.07, 6.45) is 0. The van der Waals surface area contributed by atoms with Gasteiger partial charge in [-0.05, 0) is 37.9 Å². The molecule has 3 nitrogen and oxygen atoms in total. The highest BCUT2D eigenvalue weighted by atomic mass is 79.9. The predicted molar refractivity (Wildman–Crippen MR) is 65.7 cm³/mol. The standard InChI is InChI=1S/C10H12BrNO2.ClH/c1-12(2)6-7-5-8(11)3-4-9(7)10(13)14;/h3-5H,6H2,1-2H3,(H,13,14);1H. The summed E-state index contributed by atoms with van der Waals surface area (Å²) in [5.74, 6) is -0.880. The Kier molecular flexibility index (Phi) is 5.87. The topological polar surface area (TPSA) is 40.5 Å². The lowest BCUT2D eigenvalue weighted by molar-refractivity contribution is 0.0695. The Bertz CT molecular complexity index is 355. The van der Waals surface area contributed by atoms with Crippen LogP contribution in [0.15, 0.2) is 22.7 Å². The molecule has 0 aliphatic rings. The van der Waals surface area contributed by atoms with E-state index in [4.69, 9.17) is 5.11 Å². The molecule has 0 bridgehead atoms. The Balaban J connectivity index is 0.00000196. The van der Waals surface area contributed by atoms with Gasteiger partial charge in [-0.3, -0.25) is 0 Å². The van der Waals surface area contributed by atoms with Crippen molar-refractivity contribution in [2.45, 2.75) is 6.54 Å². The molecule has 5 heteroatoms. The van der Waals surface area contributed by atoms with Crippen molar-refractivity contribution in [3.05, 3.63) is 33.8 Å². The maximum absolute atomic E-state index is 10.9. The van der Waals surface area contributed by atoms with E-state index < -0.39 is 5.97 Å². The smallest absolute Gasteiger partial charge is 0.336 e. The summed E-state index contributed by atoms with van der Waals surface area (Å²) in [5.41, 5.74) is 1.18. The average Bonchev–Trinajstić information content (AvgIpc) is 2.01. The van der Waals surface area contributed by atoms with Gasteiger partial charge in [-0.25, -0.2) is 4.79 Å². The molecule has 0 aliphatic carbocycles. The summed E-state index contributed by atoms with van der Waals surface area (Å²) >= 11 is 3.32. The van der Waals surface area contributed by atoms with Gasteiger partial charge in [0.1, 0.15) is 0 Å². The van der Waals surface area contributed by atoms with Gasteiger partial charge in [-0.15, -0.1) is 12.4 Å². The Morgan fingerprint density at radius 1 is 1.47 bits per heavy atom. The number of benzene rings is 1. The number of nitrogens with zero attached hydrogens (tertiary/aromatic N) is 1. The van der Waals surface area contributed by atoms with Gasteiger partial charge in [0, 0.05) is 11.0 Å². The van der Waals surface area contributed by atoms with Crippen LogP contribution >= 0.6 is 28.3 Å². The fraction of sp³-hybridized carbons (Fsp3) is 0.300. The zero-order chi connectivity index (χ0) is 10.7. The second-order valence-corrected chi connectivity index (χ2v) is 4.26. The van der Waals surface area contributed by atoms with Crippen molar-refractivity contribution in [3.63, 3.8) is 0 Å². The maximum Gasteiger partial charge on any atom is 0.336 e. The van der Waals surface area contributed by atoms with E-state index >= 15 is 0 Å². The van der Waals surface area contributed by atoms with Gasteiger partial charge in [-0.1, -0.05) is 15.9 Å². The molecule has 0 aliphatic heterocycles. The Morgan fingerprint density at radius 2 is 2.07 bits per heavy atom. The highest BCUT2D eigenvalue weighted by Gasteiger charge is 2.10. The third-order valence-electron chi connectivity index (χ3n) is 1.78. The molecule has 0 amide bonds. The lowest BCUT2D eigenvalue weighted by Crippen LogP contribution is -2.14. The van der Waals surface area contributed by atoms with Crippen molar-refractivity contribution < 1.29 is 9.90 Å². The molecule has 1 aromatic carbocycles. The van der Waals surface area contributed by atoms with Crippen molar-refractivity contribution in [1.82, 2.24) is 4.90 Å². The summed E-state index contributed by atoms with van der Waals surface area (Å²) < 4.78 is 0.902. The largest absolute Gasteiger partial charge is 0.478 e. The SMILES string of the molecule is CN(C)Cc1cc(Br)ccc1C(=O)O.Cl. The zero-order valence-electron chi connectivity index (χ0n) is 8.53. The number of carbonyl (C=O) groups is 1. The Morgan fingerprint density at radius 3 is 2.53 bits per heavy atom. The van der Waals surface area contributed by atoms with Gasteiger partial charge >= 0.3 is 5.97 Å². The second kappa shape index (κ2) is 6.10. The van der Waals surface area contributed by atoms with Crippen molar-refractivity contribution >= 4 is 34.3 Å². The molecule has 1 N–H and O–H groups in total. The average molecular weight is 295 g/mol. The van der Waals surface area contributed by atoms with Crippen molar-refractivity contribution in [2.24, 2.45) is 0 Å². The number of carboxylic acids is 1. The van der Waals surface area contributed by atoms with Crippen LogP contribution in [0.25, 0.3) is 0 Å². The first-order chi connectivity index (χ1) is 6.50. The minimum Gasteiger partial charge on any atom is -0.478 e. The summed E-state index contributed by atoms with van der Waals surface area (Å²) in [5, 5.41) is 8.94. The van der Waals surface area contributed by atoms with Crippen LogP contribution < -0.4 is 0 Å². The minimum atomic E-state index is -0.880. The van der Waals surface area contributed by atoms with E-state index in [-0.39, 0.29) is 12.4 Å². The van der Waals surface area contributed by atoms with Crippen LogP contribution in [0.1, 0.15) is 15.9 Å². The second-order valence-electron chi connectivity index (χ2n) is 3.34. The molecule has 1 aromatic rings. The van der Waals surface area contributed by atoms with Gasteiger partial charge in [0.25, 0.3) is 0 Å². The van der Waals surface area contributed by atoms with Crippen molar-refractivity contribution in [3.8, 4) is 0 Å². The van der Waals surface area contributed by atoms with Gasteiger partial charge in [-0.2, -0.15) is 0 Å². The van der Waals surface area contributed by atoms with E-state index in [1.165, 1.54) is 0 Å². The van der Waals surface area contributed by atoms with Crippen LogP contribution in [0.4, 0.5) is 0 Å². The van der Waals surface area contributed by atoms with Crippen LogP contribution in [0.5, 0.6) is 0 Å². The minimum absolute atomic E-state index is 0. The molecule has 0 spiro atoms. The van der Waals surface area contributed by atoms with E-state index in [0.717, 1.165) is 10.0 Å². The van der Waals surface area contributed by atoms with Gasteiger partial charge < -0.3 is 10.0 Å². The highest BCUT2D eigenvalue weighted by molar-refractivity contribution is 9.10. The fourth-order valence-corrected chi connectivity index (χ4v) is 1.65. The number of rotatable bonds is 3. The summed E-state index contributed by atoms with van der Waals surface area (Å²) in [7, 11) is 3.82. The predicted octanol–water partition coefficient (Wildman–Crippen LogP) is 2.63. The molecule has 15 heavy (non-hydrogen) atoms. The molecular formula is C10H13BrClNO2. The normalized spacial score (nSPS) is 9.87. The van der Waals surface area contributed by atoms with E-state index in [0.29, 0.717) is 12.1 Å². The molecule has 0 saturated carbocycles. The van der Waals surface area contributed by atoms with Gasteiger partial charge in [0.05, 0.1) is 5.56 Å². The molecule has 0 atom stereocenters. The van der Waals surface area contributed by atoms with Gasteiger partial charge in [0.2, 0.25) is 0 Å². The molecule has 0 heterocycles. The molecule has 0 radical (unpaired) electrons. The first kappa shape index (κ1) is 14.4. The maximum atomic E-state index is 10.9. The highest BCUT2D eigenvalue weighted by Crippen LogP contribution is 2.17. The van der Waals surface area contributed by atoms with Gasteiger partial charge in [0.15, 0.2) is 0 Å². The monoisotopic (exact) mass is 293 g/mol. The Labute approximate surface area is 104 Å². The molecule has 84 valence electrons. The van der Waals surface area contributed by atoms with E-state index in [1.807, 2.05) is 25.1 Å². The number of hydrogen-bond acceptors (Lipinski definition) is 2. The van der Waals surface area contributed by atoms with Crippen LogP contribution in [0.2, 0.25) is 0 Å². The third-order valence-corrected chi connectivity index (χ3v) is 2.28. The number of hydrogen-bond donors (Lipinski definition) is 1. The number of carboxylic acid groups (broad SMARTS) is 1. The molecule has 0 unspecified atom stereocenters. The van der Waals surface area contributed by atoms with Crippen LogP contribution in [0.3, 0.4) is 0 Å². The fourth-order valence-electron chi connectivity index (χ4n) is 1.24. The lowest BCUT2D eigenvalue weighted by Gasteiger charge is -2.12. The van der Waals surface area contributed by atoms with Crippen molar-refractivity contribution in [1.29, 1.82) is 0 Å². The summed E-state index contributed by atoms with van der Waals surface area (Å²) in [4.78, 5) is 12.8. The first-order valence-corrected chi connectivity index (χ1v) is 4.96.